The number of rotatable bonds is 3. The number of benzene rings is 1. The van der Waals surface area contributed by atoms with Crippen LogP contribution in [0.4, 0.5) is 22.0 Å². The largest absolute Gasteiger partial charge is 0.573 e. The van der Waals surface area contributed by atoms with Gasteiger partial charge in [0.05, 0.1) is 0 Å². The van der Waals surface area contributed by atoms with Gasteiger partial charge in [-0.2, -0.15) is 8.78 Å². The third-order valence-electron chi connectivity index (χ3n) is 1.23. The van der Waals surface area contributed by atoms with Crippen LogP contribution in [0.3, 0.4) is 0 Å². The molecule has 15 heavy (non-hydrogen) atoms. The Kier molecular flexibility index (Phi) is 3.33. The van der Waals surface area contributed by atoms with Crippen molar-refractivity contribution in [3.8, 4) is 11.5 Å². The SMILES string of the molecule is FC(F)Oc1cc[c]cc1OC(F)(F)F. The summed E-state index contributed by atoms with van der Waals surface area (Å²) in [5, 5.41) is 0. The Hall–Kier alpha value is -1.53. The summed E-state index contributed by atoms with van der Waals surface area (Å²) in [6.45, 7) is -3.22. The zero-order valence-electron chi connectivity index (χ0n) is 7.02. The van der Waals surface area contributed by atoms with Gasteiger partial charge >= 0.3 is 13.0 Å². The summed E-state index contributed by atoms with van der Waals surface area (Å²) >= 11 is 0. The quantitative estimate of drug-likeness (QED) is 0.739. The molecule has 0 heterocycles. The maximum absolute atomic E-state index is 11.8. The predicted octanol–water partition coefficient (Wildman–Crippen LogP) is 2.99. The van der Waals surface area contributed by atoms with Crippen molar-refractivity contribution in [2.45, 2.75) is 13.0 Å². The molecule has 0 aliphatic carbocycles. The molecular formula is C8H4F5O2. The van der Waals surface area contributed by atoms with Crippen LogP contribution >= 0.6 is 0 Å². The molecule has 0 bridgehead atoms. The molecule has 0 unspecified atom stereocenters. The Labute approximate surface area is 81.2 Å². The highest BCUT2D eigenvalue weighted by atomic mass is 19.4. The molecule has 0 saturated heterocycles. The van der Waals surface area contributed by atoms with Crippen molar-refractivity contribution in [3.05, 3.63) is 24.3 Å². The average molecular weight is 227 g/mol. The van der Waals surface area contributed by atoms with Crippen LogP contribution in [0.25, 0.3) is 0 Å². The second-order valence-corrected chi connectivity index (χ2v) is 2.30. The summed E-state index contributed by atoms with van der Waals surface area (Å²) < 4.78 is 66.1. The lowest BCUT2D eigenvalue weighted by molar-refractivity contribution is -0.275. The number of halogens is 5. The van der Waals surface area contributed by atoms with Gasteiger partial charge in [-0.1, -0.05) is 6.07 Å². The molecular weight excluding hydrogens is 223 g/mol. The summed E-state index contributed by atoms with van der Waals surface area (Å²) in [7, 11) is 0. The smallest absolute Gasteiger partial charge is 0.431 e. The highest BCUT2D eigenvalue weighted by Crippen LogP contribution is 2.32. The summed E-state index contributed by atoms with van der Waals surface area (Å²) in [4.78, 5) is 0. The predicted molar refractivity (Wildman–Crippen MR) is 38.6 cm³/mol. The van der Waals surface area contributed by atoms with E-state index < -0.39 is 24.5 Å². The first-order chi connectivity index (χ1) is 6.88. The van der Waals surface area contributed by atoms with Crippen LogP contribution in [0, 0.1) is 6.07 Å². The standard InChI is InChI=1S/C8H4F5O2/c9-7(10)14-5-3-1-2-4-6(5)15-8(11,12)13/h1,3-4,7H. The van der Waals surface area contributed by atoms with Crippen molar-refractivity contribution >= 4 is 0 Å². The molecule has 0 amide bonds. The van der Waals surface area contributed by atoms with Crippen LogP contribution in [0.1, 0.15) is 0 Å². The lowest BCUT2D eigenvalue weighted by atomic mass is 10.3. The minimum Gasteiger partial charge on any atom is -0.431 e. The monoisotopic (exact) mass is 227 g/mol. The van der Waals surface area contributed by atoms with Crippen molar-refractivity contribution in [1.29, 1.82) is 0 Å². The maximum atomic E-state index is 11.8. The fourth-order valence-electron chi connectivity index (χ4n) is 0.799. The minimum atomic E-state index is -4.96. The van der Waals surface area contributed by atoms with Gasteiger partial charge in [-0.3, -0.25) is 0 Å². The van der Waals surface area contributed by atoms with Crippen LogP contribution in [-0.2, 0) is 0 Å². The number of alkyl halides is 5. The van der Waals surface area contributed by atoms with E-state index in [-0.39, 0.29) is 0 Å². The zero-order valence-corrected chi connectivity index (χ0v) is 7.02. The molecule has 1 aromatic carbocycles. The first-order valence-corrected chi connectivity index (χ1v) is 3.59. The Morgan fingerprint density at radius 1 is 1.20 bits per heavy atom. The van der Waals surface area contributed by atoms with Crippen LogP contribution < -0.4 is 9.47 Å². The van der Waals surface area contributed by atoms with E-state index in [1.54, 1.807) is 0 Å². The molecule has 0 spiro atoms. The normalized spacial score (nSPS) is 11.6. The molecule has 1 rings (SSSR count). The van der Waals surface area contributed by atoms with Crippen LogP contribution in [0.5, 0.6) is 11.5 Å². The second kappa shape index (κ2) is 4.33. The molecule has 7 heteroatoms. The maximum Gasteiger partial charge on any atom is 0.573 e. The van der Waals surface area contributed by atoms with Gasteiger partial charge in [-0.05, 0) is 18.2 Å². The van der Waals surface area contributed by atoms with Crippen molar-refractivity contribution in [2.75, 3.05) is 0 Å². The molecule has 1 aromatic rings. The van der Waals surface area contributed by atoms with E-state index in [0.29, 0.717) is 0 Å². The van der Waals surface area contributed by atoms with Gasteiger partial charge in [0, 0.05) is 0 Å². The Morgan fingerprint density at radius 3 is 2.40 bits per heavy atom. The fraction of sp³-hybridized carbons (Fsp3) is 0.250. The molecule has 0 N–H and O–H groups in total. The topological polar surface area (TPSA) is 18.5 Å². The van der Waals surface area contributed by atoms with Crippen molar-refractivity contribution in [2.24, 2.45) is 0 Å². The molecule has 0 aliphatic rings. The minimum absolute atomic E-state index is 0.693. The molecule has 0 saturated carbocycles. The van der Waals surface area contributed by atoms with E-state index >= 15 is 0 Å². The van der Waals surface area contributed by atoms with Gasteiger partial charge in [-0.15, -0.1) is 13.2 Å². The number of hydrogen-bond donors (Lipinski definition) is 0. The molecule has 2 nitrogen and oxygen atoms in total. The Morgan fingerprint density at radius 2 is 1.87 bits per heavy atom. The van der Waals surface area contributed by atoms with Crippen molar-refractivity contribution in [1.82, 2.24) is 0 Å². The highest BCUT2D eigenvalue weighted by molar-refractivity contribution is 5.39. The van der Waals surface area contributed by atoms with Crippen LogP contribution in [0.2, 0.25) is 0 Å². The van der Waals surface area contributed by atoms with Crippen molar-refractivity contribution < 1.29 is 31.4 Å². The molecule has 0 aromatic heterocycles. The van der Waals surface area contributed by atoms with Gasteiger partial charge in [0.25, 0.3) is 0 Å². The summed E-state index contributed by atoms with van der Waals surface area (Å²) in [5.74, 6) is -1.55. The lowest BCUT2D eigenvalue weighted by Crippen LogP contribution is -2.18. The third kappa shape index (κ3) is 4.01. The van der Waals surface area contributed by atoms with E-state index in [2.05, 4.69) is 15.5 Å². The summed E-state index contributed by atoms with van der Waals surface area (Å²) in [6, 6.07) is 5.02. The summed E-state index contributed by atoms with van der Waals surface area (Å²) in [6.07, 6.45) is -4.96. The second-order valence-electron chi connectivity index (χ2n) is 2.30. The number of ether oxygens (including phenoxy) is 2. The molecule has 1 radical (unpaired) electrons. The van der Waals surface area contributed by atoms with Gasteiger partial charge in [-0.25, -0.2) is 0 Å². The first kappa shape index (κ1) is 11.5. The average Bonchev–Trinajstić information content (AvgIpc) is 2.05. The van der Waals surface area contributed by atoms with E-state index in [1.165, 1.54) is 0 Å². The first-order valence-electron chi connectivity index (χ1n) is 3.59. The van der Waals surface area contributed by atoms with E-state index in [1.807, 2.05) is 0 Å². The highest BCUT2D eigenvalue weighted by Gasteiger charge is 2.32. The van der Waals surface area contributed by atoms with Gasteiger partial charge in [0.15, 0.2) is 11.5 Å². The van der Waals surface area contributed by atoms with E-state index in [9.17, 15) is 22.0 Å². The van der Waals surface area contributed by atoms with E-state index in [4.69, 9.17) is 0 Å². The Balaban J connectivity index is 2.86. The van der Waals surface area contributed by atoms with Crippen LogP contribution in [-0.4, -0.2) is 13.0 Å². The lowest BCUT2D eigenvalue weighted by Gasteiger charge is -2.12. The van der Waals surface area contributed by atoms with Crippen molar-refractivity contribution in [3.63, 3.8) is 0 Å². The fourth-order valence-corrected chi connectivity index (χ4v) is 0.799. The Bertz CT molecular complexity index is 323. The van der Waals surface area contributed by atoms with E-state index in [0.717, 1.165) is 18.2 Å². The molecule has 0 atom stereocenters. The molecule has 0 aliphatic heterocycles. The number of hydrogen-bond acceptors (Lipinski definition) is 2. The van der Waals surface area contributed by atoms with Gasteiger partial charge in [0.1, 0.15) is 0 Å². The molecule has 0 fully saturated rings. The van der Waals surface area contributed by atoms with Gasteiger partial charge < -0.3 is 9.47 Å². The molecule has 83 valence electrons. The third-order valence-corrected chi connectivity index (χ3v) is 1.23. The van der Waals surface area contributed by atoms with Gasteiger partial charge in [0.2, 0.25) is 0 Å². The zero-order chi connectivity index (χ0) is 11.5. The van der Waals surface area contributed by atoms with Crippen LogP contribution in [0.15, 0.2) is 18.2 Å². The summed E-state index contributed by atoms with van der Waals surface area (Å²) in [5.41, 5.74) is 0.